The van der Waals surface area contributed by atoms with Crippen LogP contribution in [-0.2, 0) is 16.9 Å². The Bertz CT molecular complexity index is 1910. The Labute approximate surface area is 227 Å². The Balaban J connectivity index is 1.56. The van der Waals surface area contributed by atoms with E-state index in [1.54, 1.807) is 36.1 Å². The molecule has 1 spiro atoms. The van der Waals surface area contributed by atoms with Crippen LogP contribution in [0.5, 0.6) is 0 Å². The molecule has 0 aliphatic carbocycles. The van der Waals surface area contributed by atoms with Crippen molar-refractivity contribution in [2.75, 3.05) is 9.80 Å². The highest BCUT2D eigenvalue weighted by atomic mass is 35.5. The minimum absolute atomic E-state index is 0.0632. The lowest BCUT2D eigenvalue weighted by Gasteiger charge is -2.32. The van der Waals surface area contributed by atoms with Gasteiger partial charge >= 0.3 is 0 Å². The summed E-state index contributed by atoms with van der Waals surface area (Å²) in [4.78, 5) is 45.9. The van der Waals surface area contributed by atoms with E-state index < -0.39 is 22.8 Å². The van der Waals surface area contributed by atoms with Crippen LogP contribution in [-0.4, -0.2) is 17.0 Å². The van der Waals surface area contributed by atoms with Gasteiger partial charge in [0.25, 0.3) is 11.8 Å². The maximum atomic E-state index is 14.8. The number of hydrogen-bond donors (Lipinski definition) is 0. The molecule has 3 aromatic carbocycles. The Morgan fingerprint density at radius 1 is 0.949 bits per heavy atom. The molecule has 2 aliphatic heterocycles. The minimum atomic E-state index is -1.85. The molecule has 0 saturated carbocycles. The van der Waals surface area contributed by atoms with Gasteiger partial charge in [0.05, 0.1) is 23.2 Å². The first-order valence-electron chi connectivity index (χ1n) is 12.3. The number of aryl methyl sites for hydroxylation is 2. The van der Waals surface area contributed by atoms with Gasteiger partial charge in [-0.05, 0) is 43.7 Å². The summed E-state index contributed by atoms with van der Waals surface area (Å²) in [6.07, 6.45) is 0. The molecule has 5 aromatic rings. The third-order valence-corrected chi connectivity index (χ3v) is 7.63. The topological polar surface area (TPSA) is 96.9 Å². The quantitative estimate of drug-likeness (QED) is 0.301. The molecule has 2 aromatic heterocycles. The first-order valence-corrected chi connectivity index (χ1v) is 12.7. The van der Waals surface area contributed by atoms with Gasteiger partial charge in [0.15, 0.2) is 16.8 Å². The summed E-state index contributed by atoms with van der Waals surface area (Å²) in [6.45, 7) is 3.91. The predicted molar refractivity (Wildman–Crippen MR) is 145 cm³/mol. The van der Waals surface area contributed by atoms with Crippen LogP contribution in [0.3, 0.4) is 0 Å². The number of fused-ring (bicyclic) bond motifs is 5. The lowest BCUT2D eigenvalue weighted by atomic mass is 9.84. The molecule has 4 heterocycles. The van der Waals surface area contributed by atoms with Crippen LogP contribution in [0.15, 0.2) is 86.5 Å². The van der Waals surface area contributed by atoms with E-state index in [0.29, 0.717) is 22.0 Å². The summed E-state index contributed by atoms with van der Waals surface area (Å²) < 4.78 is 11.4. The summed E-state index contributed by atoms with van der Waals surface area (Å²) in [5.74, 6) is -0.796. The fourth-order valence-electron chi connectivity index (χ4n) is 5.67. The maximum Gasteiger partial charge on any atom is 0.297 e. The predicted octanol–water partition coefficient (Wildman–Crippen LogP) is 5.50. The molecule has 0 bridgehead atoms. The highest BCUT2D eigenvalue weighted by Crippen LogP contribution is 2.54. The second-order valence-corrected chi connectivity index (χ2v) is 10.3. The first-order chi connectivity index (χ1) is 18.8. The van der Waals surface area contributed by atoms with Crippen molar-refractivity contribution in [3.05, 3.63) is 122 Å². The van der Waals surface area contributed by atoms with E-state index in [-0.39, 0.29) is 34.7 Å². The number of amides is 2. The minimum Gasteiger partial charge on any atom is -0.450 e. The summed E-state index contributed by atoms with van der Waals surface area (Å²) in [5.41, 5.74) is 0.815. The molecule has 0 fully saturated rings. The molecule has 0 radical (unpaired) electrons. The first kappa shape index (κ1) is 23.4. The van der Waals surface area contributed by atoms with Gasteiger partial charge in [0.2, 0.25) is 5.76 Å². The Morgan fingerprint density at radius 2 is 1.72 bits per heavy atom. The van der Waals surface area contributed by atoms with Crippen molar-refractivity contribution in [1.82, 2.24) is 5.16 Å². The van der Waals surface area contributed by atoms with Gasteiger partial charge in [-0.1, -0.05) is 64.8 Å². The number of carbonyl (C=O) groups is 2. The molecule has 192 valence electrons. The third-order valence-electron chi connectivity index (χ3n) is 7.39. The zero-order chi connectivity index (χ0) is 27.1. The average molecular weight is 538 g/mol. The lowest BCUT2D eigenvalue weighted by molar-refractivity contribution is -0.121. The number of para-hydroxylation sites is 1. The number of nitrogens with zero attached hydrogens (tertiary/aromatic N) is 3. The molecule has 8 nitrogen and oxygen atoms in total. The van der Waals surface area contributed by atoms with E-state index in [9.17, 15) is 14.4 Å². The molecule has 39 heavy (non-hydrogen) atoms. The van der Waals surface area contributed by atoms with E-state index in [0.717, 1.165) is 11.1 Å². The highest BCUT2D eigenvalue weighted by Gasteiger charge is 2.66. The molecule has 1 unspecified atom stereocenters. The Hall–Kier alpha value is -4.69. The third kappa shape index (κ3) is 3.12. The second-order valence-electron chi connectivity index (χ2n) is 9.82. The van der Waals surface area contributed by atoms with Crippen LogP contribution < -0.4 is 15.2 Å². The van der Waals surface area contributed by atoms with Crippen LogP contribution in [0.1, 0.15) is 38.6 Å². The second kappa shape index (κ2) is 8.15. The number of benzene rings is 3. The molecule has 2 amide bonds. The monoisotopic (exact) mass is 537 g/mol. The zero-order valence-corrected chi connectivity index (χ0v) is 21.7. The smallest absolute Gasteiger partial charge is 0.297 e. The van der Waals surface area contributed by atoms with Gasteiger partial charge in [-0.3, -0.25) is 19.3 Å². The van der Waals surface area contributed by atoms with Crippen LogP contribution in [0.2, 0.25) is 5.02 Å². The van der Waals surface area contributed by atoms with E-state index in [2.05, 4.69) is 5.16 Å². The lowest BCUT2D eigenvalue weighted by Crippen LogP contribution is -2.53. The van der Waals surface area contributed by atoms with Crippen LogP contribution in [0, 0.1) is 13.8 Å². The summed E-state index contributed by atoms with van der Waals surface area (Å²) >= 11 is 6.23. The molecule has 1 atom stereocenters. The largest absolute Gasteiger partial charge is 0.450 e. The number of aromatic nitrogens is 1. The summed E-state index contributed by atoms with van der Waals surface area (Å²) in [7, 11) is 0. The van der Waals surface area contributed by atoms with Crippen LogP contribution >= 0.6 is 11.6 Å². The van der Waals surface area contributed by atoms with E-state index in [1.807, 2.05) is 43.3 Å². The van der Waals surface area contributed by atoms with E-state index in [1.165, 1.54) is 17.0 Å². The normalized spacial score (nSPS) is 17.9. The summed E-state index contributed by atoms with van der Waals surface area (Å²) in [6, 6.07) is 21.2. The van der Waals surface area contributed by atoms with Gasteiger partial charge in [0.1, 0.15) is 11.3 Å². The van der Waals surface area contributed by atoms with Crippen LogP contribution in [0.4, 0.5) is 11.5 Å². The van der Waals surface area contributed by atoms with Gasteiger partial charge in [-0.15, -0.1) is 0 Å². The van der Waals surface area contributed by atoms with Crippen molar-refractivity contribution in [2.45, 2.75) is 25.9 Å². The van der Waals surface area contributed by atoms with Crippen molar-refractivity contribution < 1.29 is 18.5 Å². The Morgan fingerprint density at radius 3 is 2.46 bits per heavy atom. The van der Waals surface area contributed by atoms with Gasteiger partial charge < -0.3 is 13.8 Å². The van der Waals surface area contributed by atoms with Crippen LogP contribution in [0.25, 0.3) is 11.0 Å². The average Bonchev–Trinajstić information content (AvgIpc) is 3.54. The molecule has 2 aliphatic rings. The zero-order valence-electron chi connectivity index (χ0n) is 20.9. The van der Waals surface area contributed by atoms with Crippen molar-refractivity contribution in [2.24, 2.45) is 0 Å². The number of anilines is 2. The van der Waals surface area contributed by atoms with Crippen molar-refractivity contribution in [1.29, 1.82) is 0 Å². The Kier molecular flexibility index (Phi) is 4.90. The van der Waals surface area contributed by atoms with E-state index >= 15 is 0 Å². The SMILES string of the molecule is Cc1ccc(CN2C(=O)C3(c4ccccc42)c2c(oc4ccc(Cl)cc4c2=O)C(=O)N3c2cc(C)on2)cc1. The molecule has 0 N–H and O–H groups in total. The molecular formula is C30H20ClN3O5. The standard InChI is InChI=1S/C30H20ClN3O5/c1-16-7-9-18(10-8-16)15-33-22-6-4-3-5-21(22)30(29(33)37)25-26(35)20-14-19(31)11-12-23(20)38-27(25)28(36)34(30)24-13-17(2)39-32-24/h3-14H,15H2,1-2H3. The number of carbonyl (C=O) groups excluding carboxylic acids is 2. The van der Waals surface area contributed by atoms with Gasteiger partial charge in [0, 0.05) is 16.7 Å². The van der Waals surface area contributed by atoms with E-state index in [4.69, 9.17) is 20.5 Å². The molecule has 0 saturated heterocycles. The molecule has 7 rings (SSSR count). The van der Waals surface area contributed by atoms with Gasteiger partial charge in [-0.25, -0.2) is 0 Å². The van der Waals surface area contributed by atoms with Crippen molar-refractivity contribution >= 4 is 45.9 Å². The fraction of sp³-hybridized carbons (Fsp3) is 0.133. The van der Waals surface area contributed by atoms with Crippen molar-refractivity contribution in [3.8, 4) is 0 Å². The summed E-state index contributed by atoms with van der Waals surface area (Å²) in [5, 5.41) is 4.59. The number of hydrogen-bond acceptors (Lipinski definition) is 6. The maximum absolute atomic E-state index is 14.8. The number of rotatable bonds is 3. The number of halogens is 1. The molecular weight excluding hydrogens is 518 g/mol. The fourth-order valence-corrected chi connectivity index (χ4v) is 5.84. The van der Waals surface area contributed by atoms with Gasteiger partial charge in [-0.2, -0.15) is 0 Å². The highest BCUT2D eigenvalue weighted by molar-refractivity contribution is 6.31. The van der Waals surface area contributed by atoms with Crippen molar-refractivity contribution in [3.63, 3.8) is 0 Å². The molecule has 9 heteroatoms.